The molecule has 2 aliphatic rings. The van der Waals surface area contributed by atoms with Gasteiger partial charge >= 0.3 is 6.98 Å². The van der Waals surface area contributed by atoms with Crippen molar-refractivity contribution >= 4 is 41.6 Å². The molecule has 0 bridgehead atoms. The Morgan fingerprint density at radius 1 is 1.08 bits per heavy atom. The molecular formula is C18H17BN4O. The lowest BCUT2D eigenvalue weighted by Crippen LogP contribution is -2.53. The van der Waals surface area contributed by atoms with Crippen molar-refractivity contribution in [3.63, 3.8) is 0 Å². The lowest BCUT2D eigenvalue weighted by atomic mass is 9.70. The number of fused-ring (bicyclic) bond motifs is 4. The number of pyridine rings is 1. The third-order valence-electron chi connectivity index (χ3n) is 4.87. The molecule has 0 saturated heterocycles. The first-order valence-electron chi connectivity index (χ1n) is 8.08. The standard InChI is InChI=1S/C18H17BN4O/c1-21-12-23(16-8-4-3-7-15(16)21)19-10-17-14(11-22(19)2)13-6-5-9-20-18(13)24-17/h3-11H,12H2,1-2H3. The van der Waals surface area contributed by atoms with Gasteiger partial charge in [0.1, 0.15) is 5.42 Å². The maximum absolute atomic E-state index is 5.98. The molecule has 0 amide bonds. The quantitative estimate of drug-likeness (QED) is 0.631. The Bertz CT molecular complexity index is 1060. The fourth-order valence-corrected chi connectivity index (χ4v) is 3.71. The van der Waals surface area contributed by atoms with Crippen molar-refractivity contribution in [3.05, 3.63) is 53.2 Å². The van der Waals surface area contributed by atoms with Gasteiger partial charge < -0.3 is 18.9 Å². The Hall–Kier alpha value is -2.89. The number of nitrogens with zero attached hydrogens (tertiary/aromatic N) is 4. The Labute approximate surface area is 140 Å². The average Bonchev–Trinajstić information content (AvgIpc) is 3.12. The van der Waals surface area contributed by atoms with Gasteiger partial charge in [0.2, 0.25) is 5.71 Å². The van der Waals surface area contributed by atoms with E-state index >= 15 is 0 Å². The summed E-state index contributed by atoms with van der Waals surface area (Å²) in [6.07, 6.45) is 3.93. The summed E-state index contributed by atoms with van der Waals surface area (Å²) in [7, 11) is 4.24. The second-order valence-electron chi connectivity index (χ2n) is 6.41. The maximum atomic E-state index is 5.98. The van der Waals surface area contributed by atoms with Crippen LogP contribution in [0.5, 0.6) is 0 Å². The molecule has 24 heavy (non-hydrogen) atoms. The smallest absolute Gasteiger partial charge is 0.408 e. The topological polar surface area (TPSA) is 35.8 Å². The molecular weight excluding hydrogens is 299 g/mol. The molecule has 118 valence electrons. The number of hydrogen-bond donors (Lipinski definition) is 0. The van der Waals surface area contributed by atoms with Gasteiger partial charge in [-0.15, -0.1) is 0 Å². The van der Waals surface area contributed by atoms with Crippen molar-refractivity contribution in [3.8, 4) is 0 Å². The summed E-state index contributed by atoms with van der Waals surface area (Å²) in [6.45, 7) is 0.969. The third kappa shape index (κ3) is 1.79. The largest absolute Gasteiger partial charge is 0.439 e. The number of anilines is 2. The first-order chi connectivity index (χ1) is 11.7. The van der Waals surface area contributed by atoms with Gasteiger partial charge in [0.05, 0.1) is 18.0 Å². The first kappa shape index (κ1) is 13.5. The second kappa shape index (κ2) is 4.80. The van der Waals surface area contributed by atoms with E-state index in [1.807, 2.05) is 6.07 Å². The van der Waals surface area contributed by atoms with Crippen LogP contribution in [0.2, 0.25) is 0 Å². The Morgan fingerprint density at radius 3 is 2.79 bits per heavy atom. The molecule has 5 rings (SSSR count). The molecule has 6 heteroatoms. The SMILES string of the molecule is CN1C=c2c(oc3ncccc23)=CB1N1CN(C)c2ccccc21. The Morgan fingerprint density at radius 2 is 1.92 bits per heavy atom. The lowest BCUT2D eigenvalue weighted by Gasteiger charge is -2.31. The molecule has 0 atom stereocenters. The molecule has 0 radical (unpaired) electrons. The lowest BCUT2D eigenvalue weighted by molar-refractivity contribution is 0.561. The minimum absolute atomic E-state index is 0.115. The number of aromatic nitrogens is 1. The highest BCUT2D eigenvalue weighted by atomic mass is 16.3. The van der Waals surface area contributed by atoms with Gasteiger partial charge in [-0.1, -0.05) is 12.1 Å². The highest BCUT2D eigenvalue weighted by Crippen LogP contribution is 2.35. The average molecular weight is 316 g/mol. The van der Waals surface area contributed by atoms with Crippen LogP contribution in [0.15, 0.2) is 47.0 Å². The summed E-state index contributed by atoms with van der Waals surface area (Å²) in [5.41, 5.74) is 4.11. The molecule has 0 fully saturated rings. The van der Waals surface area contributed by atoms with Gasteiger partial charge in [0.15, 0.2) is 0 Å². The van der Waals surface area contributed by atoms with Crippen LogP contribution in [-0.4, -0.2) is 37.5 Å². The number of rotatable bonds is 1. The zero-order chi connectivity index (χ0) is 16.3. The third-order valence-corrected chi connectivity index (χ3v) is 4.87. The zero-order valence-corrected chi connectivity index (χ0v) is 13.7. The van der Waals surface area contributed by atoms with E-state index in [1.54, 1.807) is 6.20 Å². The molecule has 0 aliphatic carbocycles. The normalized spacial score (nSPS) is 16.1. The molecule has 2 aromatic heterocycles. The summed E-state index contributed by atoms with van der Waals surface area (Å²) >= 11 is 0. The highest BCUT2D eigenvalue weighted by Gasteiger charge is 2.34. The highest BCUT2D eigenvalue weighted by molar-refractivity contribution is 6.75. The van der Waals surface area contributed by atoms with E-state index in [4.69, 9.17) is 4.42 Å². The van der Waals surface area contributed by atoms with E-state index in [9.17, 15) is 0 Å². The minimum Gasteiger partial charge on any atom is -0.439 e. The van der Waals surface area contributed by atoms with Crippen LogP contribution in [-0.2, 0) is 0 Å². The fraction of sp³-hybridized carbons (Fsp3) is 0.167. The van der Waals surface area contributed by atoms with Crippen LogP contribution in [0.25, 0.3) is 23.3 Å². The molecule has 1 aromatic carbocycles. The van der Waals surface area contributed by atoms with Crippen LogP contribution in [0.1, 0.15) is 0 Å². The summed E-state index contributed by atoms with van der Waals surface area (Å²) in [5, 5.41) is 2.17. The van der Waals surface area contributed by atoms with Gasteiger partial charge in [0.25, 0.3) is 0 Å². The van der Waals surface area contributed by atoms with Gasteiger partial charge in [-0.25, -0.2) is 4.98 Å². The molecule has 4 heterocycles. The molecule has 5 nitrogen and oxygen atoms in total. The first-order valence-corrected chi connectivity index (χ1v) is 8.08. The molecule has 0 saturated carbocycles. The van der Waals surface area contributed by atoms with Crippen LogP contribution in [0.3, 0.4) is 0 Å². The van der Waals surface area contributed by atoms with Crippen LogP contribution in [0.4, 0.5) is 11.4 Å². The van der Waals surface area contributed by atoms with E-state index in [0.29, 0.717) is 5.71 Å². The summed E-state index contributed by atoms with van der Waals surface area (Å²) in [6, 6.07) is 12.5. The van der Waals surface area contributed by atoms with E-state index in [1.165, 1.54) is 11.4 Å². The number of hydrogen-bond acceptors (Lipinski definition) is 5. The monoisotopic (exact) mass is 316 g/mol. The van der Waals surface area contributed by atoms with Crippen LogP contribution in [0, 0.1) is 0 Å². The fourth-order valence-electron chi connectivity index (χ4n) is 3.71. The van der Waals surface area contributed by atoms with Crippen molar-refractivity contribution in [1.29, 1.82) is 0 Å². The second-order valence-corrected chi connectivity index (χ2v) is 6.41. The zero-order valence-electron chi connectivity index (χ0n) is 13.7. The van der Waals surface area contributed by atoms with Crippen molar-refractivity contribution in [2.75, 3.05) is 30.5 Å². The number of para-hydroxylation sites is 2. The van der Waals surface area contributed by atoms with Crippen LogP contribution >= 0.6 is 0 Å². The van der Waals surface area contributed by atoms with E-state index < -0.39 is 0 Å². The molecule has 3 aromatic rings. The van der Waals surface area contributed by atoms with E-state index in [0.717, 1.165) is 22.7 Å². The van der Waals surface area contributed by atoms with Gasteiger partial charge in [-0.3, -0.25) is 0 Å². The molecule has 0 unspecified atom stereocenters. The number of benzene rings is 1. The Kier molecular flexibility index (Phi) is 2.71. The predicted octanol–water partition coefficient (Wildman–Crippen LogP) is 1.23. The summed E-state index contributed by atoms with van der Waals surface area (Å²) in [4.78, 5) is 11.2. The van der Waals surface area contributed by atoms with Gasteiger partial charge in [-0.2, -0.15) is 0 Å². The van der Waals surface area contributed by atoms with Crippen molar-refractivity contribution in [2.45, 2.75) is 0 Å². The summed E-state index contributed by atoms with van der Waals surface area (Å²) in [5.74, 6) is 2.19. The maximum Gasteiger partial charge on any atom is 0.408 e. The van der Waals surface area contributed by atoms with Gasteiger partial charge in [0, 0.05) is 30.0 Å². The molecule has 2 aliphatic heterocycles. The van der Waals surface area contributed by atoms with Crippen molar-refractivity contribution in [2.24, 2.45) is 0 Å². The summed E-state index contributed by atoms with van der Waals surface area (Å²) < 4.78 is 5.98. The van der Waals surface area contributed by atoms with Crippen molar-refractivity contribution in [1.82, 2.24) is 9.79 Å². The van der Waals surface area contributed by atoms with E-state index in [2.05, 4.69) is 76.1 Å². The Balaban J connectivity index is 1.66. The van der Waals surface area contributed by atoms with Crippen molar-refractivity contribution < 1.29 is 4.42 Å². The molecule has 0 N–H and O–H groups in total. The van der Waals surface area contributed by atoms with Gasteiger partial charge in [-0.05, 0) is 37.3 Å². The predicted molar refractivity (Wildman–Crippen MR) is 97.9 cm³/mol. The van der Waals surface area contributed by atoms with E-state index in [-0.39, 0.29) is 6.98 Å². The minimum atomic E-state index is 0.115. The number of furan rings is 1. The molecule has 0 spiro atoms. The van der Waals surface area contributed by atoms with Crippen LogP contribution < -0.4 is 20.3 Å².